The summed E-state index contributed by atoms with van der Waals surface area (Å²) in [4.78, 5) is 0. The molecule has 0 aromatic rings. The molecule has 0 atom stereocenters. The summed E-state index contributed by atoms with van der Waals surface area (Å²) in [5.41, 5.74) is 2.95. The Balaban J connectivity index is 2.19. The van der Waals surface area contributed by atoms with Crippen LogP contribution < -0.4 is 0 Å². The molecule has 0 saturated carbocycles. The van der Waals surface area contributed by atoms with Crippen LogP contribution in [-0.2, 0) is 0 Å². The van der Waals surface area contributed by atoms with Gasteiger partial charge < -0.3 is 0 Å². The van der Waals surface area contributed by atoms with Gasteiger partial charge in [-0.1, -0.05) is 48.6 Å². The van der Waals surface area contributed by atoms with E-state index < -0.39 is 0 Å². The van der Waals surface area contributed by atoms with Gasteiger partial charge in [0.25, 0.3) is 0 Å². The van der Waals surface area contributed by atoms with Crippen molar-refractivity contribution in [3.8, 4) is 0 Å². The van der Waals surface area contributed by atoms with Crippen molar-refractivity contribution in [2.45, 2.75) is 6.42 Å². The van der Waals surface area contributed by atoms with Gasteiger partial charge in [0.05, 0.1) is 0 Å². The maximum Gasteiger partial charge on any atom is 0.00977 e. The molecule has 0 saturated heterocycles. The third kappa shape index (κ3) is 1.06. The average Bonchev–Trinajstić information content (AvgIpc) is 2.40. The number of hydrogen-bond donors (Lipinski definition) is 0. The third-order valence-electron chi connectivity index (χ3n) is 3.07. The molecule has 0 spiro atoms. The van der Waals surface area contributed by atoms with Crippen molar-refractivity contribution in [1.29, 1.82) is 0 Å². The normalized spacial score (nSPS) is 33.8. The quantitative estimate of drug-likeness (QED) is 0.521. The summed E-state index contributed by atoms with van der Waals surface area (Å²) in [5, 5.41) is 0. The standard InChI is InChI=1S/C13H12/c1-2-4-12-8-6-10-5-7-11(3-1)13(12)9-10/h1-8,10,13H,9H2. The van der Waals surface area contributed by atoms with Gasteiger partial charge in [0.15, 0.2) is 0 Å². The summed E-state index contributed by atoms with van der Waals surface area (Å²) in [6.07, 6.45) is 19.2. The molecular formula is C13H12. The third-order valence-corrected chi connectivity index (χ3v) is 3.07. The van der Waals surface area contributed by atoms with Crippen molar-refractivity contribution < 1.29 is 0 Å². The molecule has 0 aromatic heterocycles. The van der Waals surface area contributed by atoms with Gasteiger partial charge in [-0.05, 0) is 23.5 Å². The Hall–Kier alpha value is -1.30. The molecule has 3 aliphatic carbocycles. The van der Waals surface area contributed by atoms with Crippen molar-refractivity contribution in [1.82, 2.24) is 0 Å². The molecule has 13 heavy (non-hydrogen) atoms. The molecule has 0 nitrogen and oxygen atoms in total. The number of hydrogen-bond acceptors (Lipinski definition) is 0. The monoisotopic (exact) mass is 168 g/mol. The summed E-state index contributed by atoms with van der Waals surface area (Å²) in [6.45, 7) is 0. The van der Waals surface area contributed by atoms with Crippen molar-refractivity contribution in [2.75, 3.05) is 0 Å². The molecule has 0 heteroatoms. The Bertz CT molecular complexity index is 341. The molecule has 0 unspecified atom stereocenters. The van der Waals surface area contributed by atoms with Crippen LogP contribution in [0.3, 0.4) is 0 Å². The van der Waals surface area contributed by atoms with Crippen molar-refractivity contribution in [3.05, 3.63) is 59.8 Å². The van der Waals surface area contributed by atoms with E-state index in [-0.39, 0.29) is 0 Å². The van der Waals surface area contributed by atoms with Crippen LogP contribution in [0.1, 0.15) is 6.42 Å². The Labute approximate surface area is 78.7 Å². The lowest BCUT2D eigenvalue weighted by atomic mass is 9.75. The topological polar surface area (TPSA) is 0 Å². The van der Waals surface area contributed by atoms with Gasteiger partial charge in [0, 0.05) is 5.92 Å². The Morgan fingerprint density at radius 3 is 2.15 bits per heavy atom. The Morgan fingerprint density at radius 2 is 1.54 bits per heavy atom. The molecular weight excluding hydrogens is 156 g/mol. The number of rotatable bonds is 0. The van der Waals surface area contributed by atoms with Crippen LogP contribution in [0.5, 0.6) is 0 Å². The highest BCUT2D eigenvalue weighted by atomic mass is 14.3. The van der Waals surface area contributed by atoms with Gasteiger partial charge in [-0.15, -0.1) is 0 Å². The first kappa shape index (κ1) is 7.14. The second kappa shape index (κ2) is 2.59. The second-order valence-electron chi connectivity index (χ2n) is 3.89. The Kier molecular flexibility index (Phi) is 1.42. The van der Waals surface area contributed by atoms with Crippen LogP contribution >= 0.6 is 0 Å². The van der Waals surface area contributed by atoms with Gasteiger partial charge in [-0.2, -0.15) is 0 Å². The zero-order valence-corrected chi connectivity index (χ0v) is 7.48. The first-order valence-corrected chi connectivity index (χ1v) is 4.88. The van der Waals surface area contributed by atoms with E-state index in [1.165, 1.54) is 17.6 Å². The van der Waals surface area contributed by atoms with E-state index in [0.717, 1.165) is 0 Å². The molecule has 0 amide bonds. The lowest BCUT2D eigenvalue weighted by molar-refractivity contribution is 0.557. The maximum absolute atomic E-state index is 2.31. The summed E-state index contributed by atoms with van der Waals surface area (Å²) in [7, 11) is 0. The molecule has 0 fully saturated rings. The van der Waals surface area contributed by atoms with E-state index in [0.29, 0.717) is 11.8 Å². The molecule has 2 bridgehead atoms. The minimum Gasteiger partial charge on any atom is -0.0773 e. The van der Waals surface area contributed by atoms with Crippen molar-refractivity contribution in [3.63, 3.8) is 0 Å². The Morgan fingerprint density at radius 1 is 0.923 bits per heavy atom. The van der Waals surface area contributed by atoms with Gasteiger partial charge in [0.2, 0.25) is 0 Å². The van der Waals surface area contributed by atoms with E-state index in [2.05, 4.69) is 48.6 Å². The number of allylic oxidation sites excluding steroid dienone is 10. The number of fused-ring (bicyclic) bond motifs is 1. The first-order chi connectivity index (χ1) is 6.43. The molecule has 0 aliphatic heterocycles. The van der Waals surface area contributed by atoms with E-state index >= 15 is 0 Å². The summed E-state index contributed by atoms with van der Waals surface area (Å²) in [6, 6.07) is 0. The zero-order chi connectivity index (χ0) is 8.67. The van der Waals surface area contributed by atoms with Crippen LogP contribution in [0.15, 0.2) is 59.8 Å². The van der Waals surface area contributed by atoms with Gasteiger partial charge >= 0.3 is 0 Å². The van der Waals surface area contributed by atoms with E-state index in [1.54, 1.807) is 0 Å². The van der Waals surface area contributed by atoms with Crippen LogP contribution in [0.2, 0.25) is 0 Å². The highest BCUT2D eigenvalue weighted by Crippen LogP contribution is 2.39. The predicted molar refractivity (Wildman–Crippen MR) is 55.2 cm³/mol. The van der Waals surface area contributed by atoms with Crippen molar-refractivity contribution >= 4 is 0 Å². The summed E-state index contributed by atoms with van der Waals surface area (Å²) < 4.78 is 0. The molecule has 0 N–H and O–H groups in total. The van der Waals surface area contributed by atoms with Crippen LogP contribution in [0.25, 0.3) is 0 Å². The lowest BCUT2D eigenvalue weighted by Crippen LogP contribution is -2.17. The summed E-state index contributed by atoms with van der Waals surface area (Å²) in [5.74, 6) is 1.34. The van der Waals surface area contributed by atoms with Crippen molar-refractivity contribution in [2.24, 2.45) is 11.8 Å². The summed E-state index contributed by atoms with van der Waals surface area (Å²) >= 11 is 0. The predicted octanol–water partition coefficient (Wildman–Crippen LogP) is 3.17. The van der Waals surface area contributed by atoms with Crippen LogP contribution in [0.4, 0.5) is 0 Å². The highest BCUT2D eigenvalue weighted by Gasteiger charge is 2.25. The molecule has 3 rings (SSSR count). The van der Waals surface area contributed by atoms with E-state index in [9.17, 15) is 0 Å². The molecule has 0 heterocycles. The van der Waals surface area contributed by atoms with Crippen LogP contribution in [0, 0.1) is 11.8 Å². The highest BCUT2D eigenvalue weighted by molar-refractivity contribution is 5.46. The second-order valence-corrected chi connectivity index (χ2v) is 3.89. The zero-order valence-electron chi connectivity index (χ0n) is 7.48. The van der Waals surface area contributed by atoms with Gasteiger partial charge in [-0.3, -0.25) is 0 Å². The van der Waals surface area contributed by atoms with Gasteiger partial charge in [-0.25, -0.2) is 0 Å². The lowest BCUT2D eigenvalue weighted by Gasteiger charge is -2.29. The largest absolute Gasteiger partial charge is 0.0773 e. The fraction of sp³-hybridized carbons (Fsp3) is 0.231. The smallest absolute Gasteiger partial charge is 0.00977 e. The fourth-order valence-corrected chi connectivity index (χ4v) is 2.34. The first-order valence-electron chi connectivity index (χ1n) is 4.88. The molecule has 3 aliphatic rings. The minimum absolute atomic E-state index is 0.662. The average molecular weight is 168 g/mol. The van der Waals surface area contributed by atoms with Gasteiger partial charge in [0.1, 0.15) is 0 Å². The van der Waals surface area contributed by atoms with E-state index in [4.69, 9.17) is 0 Å². The SMILES string of the molecule is C1=CC=C2C=CC3C=CC(=C1)C2C3. The molecule has 0 radical (unpaired) electrons. The van der Waals surface area contributed by atoms with Crippen LogP contribution in [-0.4, -0.2) is 0 Å². The fourth-order valence-electron chi connectivity index (χ4n) is 2.34. The molecule has 0 aromatic carbocycles. The molecule has 64 valence electrons. The van der Waals surface area contributed by atoms with E-state index in [1.807, 2.05) is 0 Å². The maximum atomic E-state index is 2.31. The minimum atomic E-state index is 0.662.